The SMILES string of the molecule is COc1cc(C(=O)N2CCC(c3cnc(C)cc3OC)CC2)ncc1Oc1ccc(C(F)(F)F)cc1. The number of carbonyl (C=O) groups is 1. The number of hydrogen-bond donors (Lipinski definition) is 0. The summed E-state index contributed by atoms with van der Waals surface area (Å²) in [4.78, 5) is 23.5. The lowest BCUT2D eigenvalue weighted by atomic mass is 9.89. The summed E-state index contributed by atoms with van der Waals surface area (Å²) in [6.45, 7) is 3.01. The van der Waals surface area contributed by atoms with Gasteiger partial charge in [0.15, 0.2) is 11.5 Å². The molecule has 0 unspecified atom stereocenters. The quantitative estimate of drug-likeness (QED) is 0.436. The number of methoxy groups -OCH3 is 2. The number of carbonyl (C=O) groups excluding carboxylic acids is 1. The second-order valence-corrected chi connectivity index (χ2v) is 8.48. The van der Waals surface area contributed by atoms with E-state index < -0.39 is 11.7 Å². The van der Waals surface area contributed by atoms with Crippen molar-refractivity contribution in [3.05, 3.63) is 71.3 Å². The first-order chi connectivity index (χ1) is 17.2. The van der Waals surface area contributed by atoms with Crippen LogP contribution in [0.3, 0.4) is 0 Å². The van der Waals surface area contributed by atoms with E-state index in [1.54, 1.807) is 12.0 Å². The van der Waals surface area contributed by atoms with Gasteiger partial charge in [-0.1, -0.05) is 0 Å². The van der Waals surface area contributed by atoms with Crippen LogP contribution in [-0.4, -0.2) is 48.1 Å². The molecule has 0 saturated carbocycles. The summed E-state index contributed by atoms with van der Waals surface area (Å²) in [5.74, 6) is 1.43. The number of piperidine rings is 1. The maximum absolute atomic E-state index is 13.1. The molecule has 0 atom stereocenters. The van der Waals surface area contributed by atoms with Crippen LogP contribution in [-0.2, 0) is 6.18 Å². The van der Waals surface area contributed by atoms with Gasteiger partial charge < -0.3 is 19.1 Å². The van der Waals surface area contributed by atoms with Gasteiger partial charge in [0, 0.05) is 42.7 Å². The van der Waals surface area contributed by atoms with Crippen LogP contribution >= 0.6 is 0 Å². The van der Waals surface area contributed by atoms with E-state index in [-0.39, 0.29) is 34.8 Å². The van der Waals surface area contributed by atoms with Crippen LogP contribution in [0.2, 0.25) is 0 Å². The smallest absolute Gasteiger partial charge is 0.416 e. The van der Waals surface area contributed by atoms with Gasteiger partial charge in [-0.25, -0.2) is 4.98 Å². The molecule has 1 aliphatic rings. The van der Waals surface area contributed by atoms with Crippen molar-refractivity contribution in [2.45, 2.75) is 31.9 Å². The van der Waals surface area contributed by atoms with Crippen molar-refractivity contribution in [2.24, 2.45) is 0 Å². The fourth-order valence-electron chi connectivity index (χ4n) is 4.20. The van der Waals surface area contributed by atoms with Gasteiger partial charge in [-0.15, -0.1) is 0 Å². The Labute approximate surface area is 206 Å². The highest BCUT2D eigenvalue weighted by Crippen LogP contribution is 2.36. The highest BCUT2D eigenvalue weighted by Gasteiger charge is 2.30. The van der Waals surface area contributed by atoms with E-state index in [9.17, 15) is 18.0 Å². The predicted molar refractivity (Wildman–Crippen MR) is 126 cm³/mol. The van der Waals surface area contributed by atoms with E-state index in [0.717, 1.165) is 42.0 Å². The molecule has 0 spiro atoms. The van der Waals surface area contributed by atoms with Crippen molar-refractivity contribution in [3.8, 4) is 23.0 Å². The molecule has 1 aliphatic heterocycles. The van der Waals surface area contributed by atoms with E-state index in [0.29, 0.717) is 13.1 Å². The van der Waals surface area contributed by atoms with Crippen LogP contribution in [0.1, 0.15) is 46.1 Å². The van der Waals surface area contributed by atoms with Crippen LogP contribution in [0.25, 0.3) is 0 Å². The summed E-state index contributed by atoms with van der Waals surface area (Å²) in [6.07, 6.45) is 0.271. The molecule has 0 N–H and O–H groups in total. The fraction of sp³-hybridized carbons (Fsp3) is 0.346. The molecular formula is C26H26F3N3O4. The van der Waals surface area contributed by atoms with Gasteiger partial charge in [0.05, 0.1) is 26.0 Å². The number of hydrogen-bond acceptors (Lipinski definition) is 6. The number of benzene rings is 1. The van der Waals surface area contributed by atoms with Crippen LogP contribution in [0.5, 0.6) is 23.0 Å². The molecule has 3 heterocycles. The van der Waals surface area contributed by atoms with Crippen molar-refractivity contribution in [2.75, 3.05) is 27.3 Å². The molecule has 2 aromatic heterocycles. The Kier molecular flexibility index (Phi) is 7.32. The number of amides is 1. The molecule has 190 valence electrons. The Hall–Kier alpha value is -3.82. The van der Waals surface area contributed by atoms with E-state index in [4.69, 9.17) is 14.2 Å². The third kappa shape index (κ3) is 5.53. The summed E-state index contributed by atoms with van der Waals surface area (Å²) < 4.78 is 54.8. The van der Waals surface area contributed by atoms with Crippen molar-refractivity contribution >= 4 is 5.91 Å². The number of alkyl halides is 3. The summed E-state index contributed by atoms with van der Waals surface area (Å²) in [7, 11) is 3.05. The molecule has 1 amide bonds. The lowest BCUT2D eigenvalue weighted by Crippen LogP contribution is -2.38. The van der Waals surface area contributed by atoms with E-state index in [1.165, 1.54) is 31.5 Å². The number of rotatable bonds is 6. The number of aryl methyl sites for hydroxylation is 1. The van der Waals surface area contributed by atoms with Gasteiger partial charge >= 0.3 is 6.18 Å². The van der Waals surface area contributed by atoms with Crippen molar-refractivity contribution < 1.29 is 32.2 Å². The lowest BCUT2D eigenvalue weighted by Gasteiger charge is -2.32. The molecule has 1 saturated heterocycles. The van der Waals surface area contributed by atoms with Crippen molar-refractivity contribution in [1.29, 1.82) is 0 Å². The minimum Gasteiger partial charge on any atom is -0.496 e. The fourth-order valence-corrected chi connectivity index (χ4v) is 4.20. The first kappa shape index (κ1) is 25.3. The van der Waals surface area contributed by atoms with Gasteiger partial charge in [-0.05, 0) is 49.9 Å². The van der Waals surface area contributed by atoms with Crippen molar-refractivity contribution in [3.63, 3.8) is 0 Å². The Morgan fingerprint density at radius 1 is 0.944 bits per heavy atom. The largest absolute Gasteiger partial charge is 0.496 e. The molecule has 1 aromatic carbocycles. The highest BCUT2D eigenvalue weighted by atomic mass is 19.4. The van der Waals surface area contributed by atoms with E-state index in [1.807, 2.05) is 19.2 Å². The van der Waals surface area contributed by atoms with Crippen LogP contribution < -0.4 is 14.2 Å². The standard InChI is InChI=1S/C26H26F3N3O4/c1-16-12-22(34-2)20(14-30-16)17-8-10-32(11-9-17)25(33)21-13-23(35-3)24(15-31-21)36-19-6-4-18(5-7-19)26(27,28)29/h4-7,12-15,17H,8-11H2,1-3H3. The minimum absolute atomic E-state index is 0.185. The third-order valence-corrected chi connectivity index (χ3v) is 6.15. The van der Waals surface area contributed by atoms with Gasteiger partial charge in [0.2, 0.25) is 0 Å². The van der Waals surface area contributed by atoms with Gasteiger partial charge in [-0.2, -0.15) is 13.2 Å². The molecule has 7 nitrogen and oxygen atoms in total. The van der Waals surface area contributed by atoms with Crippen LogP contribution in [0, 0.1) is 6.92 Å². The molecule has 36 heavy (non-hydrogen) atoms. The maximum Gasteiger partial charge on any atom is 0.416 e. The first-order valence-electron chi connectivity index (χ1n) is 11.4. The Morgan fingerprint density at radius 2 is 1.61 bits per heavy atom. The lowest BCUT2D eigenvalue weighted by molar-refractivity contribution is -0.137. The van der Waals surface area contributed by atoms with E-state index >= 15 is 0 Å². The van der Waals surface area contributed by atoms with Crippen LogP contribution in [0.4, 0.5) is 13.2 Å². The molecule has 0 aliphatic carbocycles. The van der Waals surface area contributed by atoms with Gasteiger partial charge in [-0.3, -0.25) is 9.78 Å². The molecule has 4 rings (SSSR count). The number of likely N-dealkylation sites (tertiary alicyclic amines) is 1. The number of ether oxygens (including phenoxy) is 3. The Morgan fingerprint density at radius 3 is 2.22 bits per heavy atom. The molecular weight excluding hydrogens is 475 g/mol. The monoisotopic (exact) mass is 501 g/mol. The topological polar surface area (TPSA) is 73.8 Å². The molecule has 1 fully saturated rings. The molecule has 0 bridgehead atoms. The summed E-state index contributed by atoms with van der Waals surface area (Å²) in [6, 6.07) is 7.67. The third-order valence-electron chi connectivity index (χ3n) is 6.15. The number of nitrogens with zero attached hydrogens (tertiary/aromatic N) is 3. The minimum atomic E-state index is -4.43. The zero-order valence-electron chi connectivity index (χ0n) is 20.1. The zero-order valence-corrected chi connectivity index (χ0v) is 20.1. The number of halogens is 3. The van der Waals surface area contributed by atoms with Crippen molar-refractivity contribution in [1.82, 2.24) is 14.9 Å². The maximum atomic E-state index is 13.1. The highest BCUT2D eigenvalue weighted by molar-refractivity contribution is 5.93. The van der Waals surface area contributed by atoms with E-state index in [2.05, 4.69) is 9.97 Å². The Bertz CT molecular complexity index is 1220. The van der Waals surface area contributed by atoms with Gasteiger partial charge in [0.1, 0.15) is 17.2 Å². The summed E-state index contributed by atoms with van der Waals surface area (Å²) in [5.41, 5.74) is 1.34. The zero-order chi connectivity index (χ0) is 25.9. The second-order valence-electron chi connectivity index (χ2n) is 8.48. The van der Waals surface area contributed by atoms with Crippen LogP contribution in [0.15, 0.2) is 48.8 Å². The average Bonchev–Trinajstić information content (AvgIpc) is 2.88. The summed E-state index contributed by atoms with van der Waals surface area (Å²) in [5, 5.41) is 0. The summed E-state index contributed by atoms with van der Waals surface area (Å²) >= 11 is 0. The predicted octanol–water partition coefficient (Wildman–Crippen LogP) is 5.63. The average molecular weight is 502 g/mol. The molecule has 10 heteroatoms. The van der Waals surface area contributed by atoms with Gasteiger partial charge in [0.25, 0.3) is 5.91 Å². The molecule has 0 radical (unpaired) electrons. The first-order valence-corrected chi connectivity index (χ1v) is 11.4. The number of aromatic nitrogens is 2. The number of pyridine rings is 2. The second kappa shape index (κ2) is 10.4. The normalized spacial score (nSPS) is 14.4. The Balaban J connectivity index is 1.43. The molecule has 3 aromatic rings.